The van der Waals surface area contributed by atoms with Gasteiger partial charge in [-0.3, -0.25) is 4.79 Å². The van der Waals surface area contributed by atoms with Gasteiger partial charge in [0.15, 0.2) is 6.54 Å². The molecule has 26 heavy (non-hydrogen) atoms. The number of likely N-dealkylation sites (N-methyl/N-ethyl adjacent to an activating group) is 1. The van der Waals surface area contributed by atoms with E-state index in [9.17, 15) is 9.18 Å². The van der Waals surface area contributed by atoms with Crippen molar-refractivity contribution in [1.82, 2.24) is 5.32 Å². The first kappa shape index (κ1) is 19.7. The van der Waals surface area contributed by atoms with Gasteiger partial charge in [0.05, 0.1) is 7.05 Å². The van der Waals surface area contributed by atoms with Gasteiger partial charge in [0.25, 0.3) is 5.91 Å². The van der Waals surface area contributed by atoms with Gasteiger partial charge in [-0.05, 0) is 48.4 Å². The minimum Gasteiger partial charge on any atom is -0.490 e. The average Bonchev–Trinajstić information content (AvgIpc) is 2.62. The van der Waals surface area contributed by atoms with Crippen LogP contribution in [0.2, 0.25) is 0 Å². The van der Waals surface area contributed by atoms with Crippen molar-refractivity contribution in [2.45, 2.75) is 13.0 Å². The lowest BCUT2D eigenvalue weighted by atomic mass is 10.1. The van der Waals surface area contributed by atoms with Gasteiger partial charge in [-0.1, -0.05) is 24.8 Å². The quantitative estimate of drug-likeness (QED) is 0.637. The second kappa shape index (κ2) is 10.4. The van der Waals surface area contributed by atoms with Crippen LogP contribution in [-0.4, -0.2) is 32.7 Å². The van der Waals surface area contributed by atoms with Gasteiger partial charge in [-0.15, -0.1) is 0 Å². The first-order valence-electron chi connectivity index (χ1n) is 8.72. The summed E-state index contributed by atoms with van der Waals surface area (Å²) in [6.07, 6.45) is 2.40. The number of quaternary nitrogens is 1. The lowest BCUT2D eigenvalue weighted by molar-refractivity contribution is -0.885. The Morgan fingerprint density at radius 2 is 1.81 bits per heavy atom. The van der Waals surface area contributed by atoms with Crippen molar-refractivity contribution in [2.24, 2.45) is 0 Å². The summed E-state index contributed by atoms with van der Waals surface area (Å²) in [4.78, 5) is 13.1. The second-order valence-electron chi connectivity index (χ2n) is 6.28. The maximum Gasteiger partial charge on any atom is 0.275 e. The summed E-state index contributed by atoms with van der Waals surface area (Å²) in [6, 6.07) is 14.2. The number of hydrogen-bond donors (Lipinski definition) is 2. The number of rotatable bonds is 10. The largest absolute Gasteiger partial charge is 0.490 e. The number of benzene rings is 2. The zero-order chi connectivity index (χ0) is 18.8. The monoisotopic (exact) mass is 357 g/mol. The highest BCUT2D eigenvalue weighted by atomic mass is 19.1. The molecule has 0 heterocycles. The van der Waals surface area contributed by atoms with E-state index in [-0.39, 0.29) is 11.7 Å². The molecule has 0 spiro atoms. The molecule has 0 radical (unpaired) electrons. The lowest BCUT2D eigenvalue weighted by Gasteiger charge is -2.14. The van der Waals surface area contributed by atoms with Crippen LogP contribution in [0.1, 0.15) is 11.1 Å². The molecule has 0 aliphatic rings. The Balaban J connectivity index is 1.69. The number of ether oxygens (including phenoxy) is 1. The van der Waals surface area contributed by atoms with Crippen molar-refractivity contribution in [3.05, 3.63) is 78.1 Å². The molecule has 138 valence electrons. The predicted octanol–water partition coefficient (Wildman–Crippen LogP) is 1.76. The van der Waals surface area contributed by atoms with E-state index in [1.54, 1.807) is 18.2 Å². The third-order valence-corrected chi connectivity index (χ3v) is 3.91. The first-order valence-corrected chi connectivity index (χ1v) is 8.72. The molecular weight excluding hydrogens is 331 g/mol. The van der Waals surface area contributed by atoms with E-state index in [0.717, 1.165) is 28.3 Å². The van der Waals surface area contributed by atoms with Crippen molar-refractivity contribution < 1.29 is 18.8 Å². The fourth-order valence-corrected chi connectivity index (χ4v) is 2.60. The Labute approximate surface area is 154 Å². The molecule has 2 aromatic carbocycles. The minimum absolute atomic E-state index is 0.00977. The summed E-state index contributed by atoms with van der Waals surface area (Å²) in [7, 11) is 1.99. The van der Waals surface area contributed by atoms with Crippen molar-refractivity contribution in [1.29, 1.82) is 0 Å². The summed E-state index contributed by atoms with van der Waals surface area (Å²) in [6.45, 7) is 5.82. The summed E-state index contributed by atoms with van der Waals surface area (Å²) in [5, 5.41) is 2.91. The van der Waals surface area contributed by atoms with E-state index in [0.29, 0.717) is 26.1 Å². The van der Waals surface area contributed by atoms with Crippen LogP contribution >= 0.6 is 0 Å². The zero-order valence-electron chi connectivity index (χ0n) is 15.1. The summed E-state index contributed by atoms with van der Waals surface area (Å²) >= 11 is 0. The van der Waals surface area contributed by atoms with Gasteiger partial charge in [0.2, 0.25) is 0 Å². The molecule has 0 fully saturated rings. The molecule has 1 unspecified atom stereocenters. The lowest BCUT2D eigenvalue weighted by Crippen LogP contribution is -3.08. The molecule has 5 heteroatoms. The predicted molar refractivity (Wildman–Crippen MR) is 101 cm³/mol. The molecular formula is C21H26FN2O2+. The summed E-state index contributed by atoms with van der Waals surface area (Å²) < 4.78 is 18.3. The highest BCUT2D eigenvalue weighted by Crippen LogP contribution is 2.11. The Bertz CT molecular complexity index is 699. The summed E-state index contributed by atoms with van der Waals surface area (Å²) in [5.41, 5.74) is 2.15. The molecule has 4 nitrogen and oxygen atoms in total. The van der Waals surface area contributed by atoms with E-state index in [2.05, 4.69) is 11.9 Å². The van der Waals surface area contributed by atoms with Gasteiger partial charge < -0.3 is 15.0 Å². The second-order valence-corrected chi connectivity index (χ2v) is 6.28. The van der Waals surface area contributed by atoms with Crippen LogP contribution in [0.3, 0.4) is 0 Å². The molecule has 0 saturated carbocycles. The van der Waals surface area contributed by atoms with Gasteiger partial charge >= 0.3 is 0 Å². The maximum absolute atomic E-state index is 12.9. The van der Waals surface area contributed by atoms with E-state index in [4.69, 9.17) is 4.74 Å². The molecule has 2 N–H and O–H groups in total. The van der Waals surface area contributed by atoms with Crippen LogP contribution < -0.4 is 15.0 Å². The Hall–Kier alpha value is -2.66. The van der Waals surface area contributed by atoms with Crippen LogP contribution in [0, 0.1) is 5.82 Å². The van der Waals surface area contributed by atoms with Crippen molar-refractivity contribution in [3.63, 3.8) is 0 Å². The van der Waals surface area contributed by atoms with Crippen LogP contribution in [0.5, 0.6) is 5.75 Å². The number of nitrogens with one attached hydrogen (secondary N) is 2. The Kier molecular flexibility index (Phi) is 7.83. The number of carbonyl (C=O) groups is 1. The van der Waals surface area contributed by atoms with Gasteiger partial charge in [0.1, 0.15) is 24.7 Å². The molecule has 2 aromatic rings. The standard InChI is InChI=1S/C21H25FN2O2/c1-3-14-26-20-10-6-18(7-11-20)15-24(2)16-21(25)23-13-12-17-4-8-19(22)9-5-17/h3-11H,1,12-16H2,2H3,(H,23,25)/p+1. The molecule has 0 aliphatic heterocycles. The number of hydrogen-bond acceptors (Lipinski definition) is 2. The molecule has 0 aromatic heterocycles. The fourth-order valence-electron chi connectivity index (χ4n) is 2.60. The highest BCUT2D eigenvalue weighted by molar-refractivity contribution is 5.76. The number of amides is 1. The topological polar surface area (TPSA) is 42.8 Å². The van der Waals surface area contributed by atoms with Crippen LogP contribution in [-0.2, 0) is 17.8 Å². The Morgan fingerprint density at radius 1 is 1.15 bits per heavy atom. The van der Waals surface area contributed by atoms with E-state index < -0.39 is 0 Å². The molecule has 1 atom stereocenters. The number of halogens is 1. The van der Waals surface area contributed by atoms with Gasteiger partial charge in [0, 0.05) is 12.1 Å². The van der Waals surface area contributed by atoms with Crippen LogP contribution in [0.4, 0.5) is 4.39 Å². The van der Waals surface area contributed by atoms with Crippen LogP contribution in [0.25, 0.3) is 0 Å². The average molecular weight is 357 g/mol. The van der Waals surface area contributed by atoms with E-state index >= 15 is 0 Å². The zero-order valence-corrected chi connectivity index (χ0v) is 15.1. The van der Waals surface area contributed by atoms with Gasteiger partial charge in [-0.25, -0.2) is 4.39 Å². The molecule has 2 rings (SSSR count). The molecule has 0 bridgehead atoms. The first-order chi connectivity index (χ1) is 12.6. The van der Waals surface area contributed by atoms with Crippen molar-refractivity contribution >= 4 is 5.91 Å². The van der Waals surface area contributed by atoms with Gasteiger partial charge in [-0.2, -0.15) is 0 Å². The smallest absolute Gasteiger partial charge is 0.275 e. The third-order valence-electron chi connectivity index (χ3n) is 3.91. The summed E-state index contributed by atoms with van der Waals surface area (Å²) in [5.74, 6) is 0.573. The fraction of sp³-hybridized carbons (Fsp3) is 0.286. The van der Waals surface area contributed by atoms with Crippen molar-refractivity contribution in [2.75, 3.05) is 26.7 Å². The van der Waals surface area contributed by atoms with E-state index in [1.165, 1.54) is 12.1 Å². The minimum atomic E-state index is -0.247. The maximum atomic E-state index is 12.9. The normalized spacial score (nSPS) is 11.6. The molecule has 1 amide bonds. The Morgan fingerprint density at radius 3 is 2.46 bits per heavy atom. The van der Waals surface area contributed by atoms with Crippen LogP contribution in [0.15, 0.2) is 61.2 Å². The highest BCUT2D eigenvalue weighted by Gasteiger charge is 2.10. The molecule has 0 aliphatic carbocycles. The third kappa shape index (κ3) is 7.07. The SMILES string of the molecule is C=CCOc1ccc(C[NH+](C)CC(=O)NCCc2ccc(F)cc2)cc1. The number of carbonyl (C=O) groups excluding carboxylic acids is 1. The molecule has 0 saturated heterocycles. The van der Waals surface area contributed by atoms with Crippen molar-refractivity contribution in [3.8, 4) is 5.75 Å². The van der Waals surface area contributed by atoms with E-state index in [1.807, 2.05) is 31.3 Å².